The average Bonchev–Trinajstić information content (AvgIpc) is 2.81. The molecular formula is C17H18N2O4S. The zero-order valence-electron chi connectivity index (χ0n) is 13.7. The first-order valence-corrected chi connectivity index (χ1v) is 8.87. The van der Waals surface area contributed by atoms with Crippen LogP contribution in [0.4, 0.5) is 11.4 Å². The van der Waals surface area contributed by atoms with Gasteiger partial charge in [0, 0.05) is 18.4 Å². The van der Waals surface area contributed by atoms with Gasteiger partial charge < -0.3 is 9.64 Å². The van der Waals surface area contributed by atoms with Gasteiger partial charge in [0.2, 0.25) is 5.91 Å². The number of rotatable bonds is 4. The van der Waals surface area contributed by atoms with E-state index < -0.39 is 10.0 Å². The van der Waals surface area contributed by atoms with Gasteiger partial charge in [0.1, 0.15) is 10.6 Å². The van der Waals surface area contributed by atoms with Gasteiger partial charge in [-0.25, -0.2) is 8.42 Å². The lowest BCUT2D eigenvalue weighted by Crippen LogP contribution is -2.20. The van der Waals surface area contributed by atoms with E-state index in [1.807, 2.05) is 6.92 Å². The lowest BCUT2D eigenvalue weighted by molar-refractivity contribution is -0.117. The fraction of sp³-hybridized carbons (Fsp3) is 0.235. The summed E-state index contributed by atoms with van der Waals surface area (Å²) in [6.07, 6.45) is 0.273. The number of benzene rings is 2. The first kappa shape index (κ1) is 16.3. The molecule has 2 aromatic rings. The van der Waals surface area contributed by atoms with E-state index in [2.05, 4.69) is 4.72 Å². The number of hydrogen-bond donors (Lipinski definition) is 1. The van der Waals surface area contributed by atoms with Gasteiger partial charge in [-0.05, 0) is 48.4 Å². The number of aryl methyl sites for hydroxylation is 1. The van der Waals surface area contributed by atoms with Gasteiger partial charge >= 0.3 is 0 Å². The summed E-state index contributed by atoms with van der Waals surface area (Å²) in [6.45, 7) is 1.81. The van der Waals surface area contributed by atoms with Crippen LogP contribution in [0.3, 0.4) is 0 Å². The number of nitrogens with one attached hydrogen (secondary N) is 1. The second-order valence-corrected chi connectivity index (χ2v) is 7.38. The molecule has 3 rings (SSSR count). The molecule has 0 atom stereocenters. The third kappa shape index (κ3) is 2.82. The molecule has 2 aromatic carbocycles. The van der Waals surface area contributed by atoms with Crippen LogP contribution in [0.2, 0.25) is 0 Å². The number of nitrogens with zero attached hydrogens (tertiary/aromatic N) is 1. The number of anilines is 2. The summed E-state index contributed by atoms with van der Waals surface area (Å²) in [5, 5.41) is 0. The Balaban J connectivity index is 1.96. The third-order valence-electron chi connectivity index (χ3n) is 4.02. The van der Waals surface area contributed by atoms with E-state index in [1.165, 1.54) is 7.11 Å². The topological polar surface area (TPSA) is 75.7 Å². The number of carbonyl (C=O) groups excluding carboxylic acids is 1. The second kappa shape index (κ2) is 5.83. The standard InChI is InChI=1S/C17H18N2O4S/c1-11-4-7-15(23-3)16(8-11)24(21,22)18-13-5-6-14-12(9-13)10-17(20)19(14)2/h4-9,18H,10H2,1-3H3. The third-order valence-corrected chi connectivity index (χ3v) is 5.42. The largest absolute Gasteiger partial charge is 0.495 e. The van der Waals surface area contributed by atoms with E-state index in [0.29, 0.717) is 5.69 Å². The highest BCUT2D eigenvalue weighted by Crippen LogP contribution is 2.32. The van der Waals surface area contributed by atoms with E-state index in [1.54, 1.807) is 48.3 Å². The van der Waals surface area contributed by atoms with Crippen LogP contribution in [-0.4, -0.2) is 28.5 Å². The molecule has 1 heterocycles. The number of ether oxygens (including phenoxy) is 1. The number of sulfonamides is 1. The molecule has 0 saturated heterocycles. The minimum atomic E-state index is -3.80. The Kier molecular flexibility index (Phi) is 3.96. The van der Waals surface area contributed by atoms with E-state index in [0.717, 1.165) is 16.8 Å². The molecule has 1 aliphatic rings. The number of carbonyl (C=O) groups is 1. The highest BCUT2D eigenvalue weighted by atomic mass is 32.2. The summed E-state index contributed by atoms with van der Waals surface area (Å²) in [6, 6.07) is 10.1. The molecule has 0 radical (unpaired) electrons. The molecule has 24 heavy (non-hydrogen) atoms. The first-order chi connectivity index (χ1) is 11.3. The maximum atomic E-state index is 12.7. The molecular weight excluding hydrogens is 328 g/mol. The zero-order valence-corrected chi connectivity index (χ0v) is 14.5. The predicted octanol–water partition coefficient (Wildman–Crippen LogP) is 2.32. The van der Waals surface area contributed by atoms with Gasteiger partial charge in [0.25, 0.3) is 10.0 Å². The van der Waals surface area contributed by atoms with Crippen molar-refractivity contribution in [1.82, 2.24) is 0 Å². The molecule has 6 nitrogen and oxygen atoms in total. The minimum absolute atomic E-state index is 0.00893. The second-order valence-electron chi connectivity index (χ2n) is 5.73. The summed E-state index contributed by atoms with van der Waals surface area (Å²) < 4.78 is 33.1. The molecule has 0 unspecified atom stereocenters. The summed E-state index contributed by atoms with van der Waals surface area (Å²) in [5.74, 6) is 0.273. The Morgan fingerprint density at radius 2 is 1.92 bits per heavy atom. The van der Waals surface area contributed by atoms with Crippen LogP contribution >= 0.6 is 0 Å². The maximum Gasteiger partial charge on any atom is 0.265 e. The summed E-state index contributed by atoms with van der Waals surface area (Å²) in [4.78, 5) is 13.4. The van der Waals surface area contributed by atoms with Crippen molar-refractivity contribution in [3.8, 4) is 5.75 Å². The lowest BCUT2D eigenvalue weighted by Gasteiger charge is -2.14. The summed E-state index contributed by atoms with van der Waals surface area (Å²) in [7, 11) is -0.662. The van der Waals surface area contributed by atoms with E-state index in [9.17, 15) is 13.2 Å². The number of likely N-dealkylation sites (N-methyl/N-ethyl adjacent to an activating group) is 1. The molecule has 1 N–H and O–H groups in total. The van der Waals surface area contributed by atoms with Gasteiger partial charge in [0.15, 0.2) is 0 Å². The van der Waals surface area contributed by atoms with Gasteiger partial charge in [-0.15, -0.1) is 0 Å². The Labute approximate surface area is 141 Å². The van der Waals surface area contributed by atoms with Crippen LogP contribution in [0.15, 0.2) is 41.3 Å². The summed E-state index contributed by atoms with van der Waals surface area (Å²) in [5.41, 5.74) is 2.84. The lowest BCUT2D eigenvalue weighted by atomic mass is 10.1. The van der Waals surface area contributed by atoms with Crippen LogP contribution in [0.1, 0.15) is 11.1 Å². The molecule has 7 heteroatoms. The molecule has 1 amide bonds. The first-order valence-electron chi connectivity index (χ1n) is 7.39. The molecule has 126 valence electrons. The van der Waals surface area contributed by atoms with E-state index >= 15 is 0 Å². The number of hydrogen-bond acceptors (Lipinski definition) is 4. The molecule has 0 spiro atoms. The normalized spacial score (nSPS) is 13.8. The van der Waals surface area contributed by atoms with Crippen LogP contribution in [-0.2, 0) is 21.2 Å². The molecule has 0 saturated carbocycles. The van der Waals surface area contributed by atoms with Crippen LogP contribution in [0.25, 0.3) is 0 Å². The Morgan fingerprint density at radius 1 is 1.17 bits per heavy atom. The van der Waals surface area contributed by atoms with Crippen molar-refractivity contribution < 1.29 is 17.9 Å². The van der Waals surface area contributed by atoms with Crippen LogP contribution in [0, 0.1) is 6.92 Å². The molecule has 0 aliphatic carbocycles. The van der Waals surface area contributed by atoms with Crippen molar-refractivity contribution in [2.24, 2.45) is 0 Å². The molecule has 0 bridgehead atoms. The van der Waals surface area contributed by atoms with Gasteiger partial charge in [0.05, 0.1) is 13.5 Å². The predicted molar refractivity (Wildman–Crippen MR) is 92.1 cm³/mol. The Bertz CT molecular complexity index is 922. The highest BCUT2D eigenvalue weighted by molar-refractivity contribution is 7.92. The van der Waals surface area contributed by atoms with Crippen molar-refractivity contribution in [1.29, 1.82) is 0 Å². The SMILES string of the molecule is COc1ccc(C)cc1S(=O)(=O)Nc1ccc2c(c1)CC(=O)N2C. The van der Waals surface area contributed by atoms with Crippen LogP contribution in [0.5, 0.6) is 5.75 Å². The Hall–Kier alpha value is -2.54. The zero-order chi connectivity index (χ0) is 17.5. The van der Waals surface area contributed by atoms with Crippen molar-refractivity contribution in [2.75, 3.05) is 23.8 Å². The van der Waals surface area contributed by atoms with E-state index in [-0.39, 0.29) is 23.0 Å². The average molecular weight is 346 g/mol. The molecule has 0 fully saturated rings. The summed E-state index contributed by atoms with van der Waals surface area (Å²) >= 11 is 0. The monoisotopic (exact) mass is 346 g/mol. The number of fused-ring (bicyclic) bond motifs is 1. The minimum Gasteiger partial charge on any atom is -0.495 e. The van der Waals surface area contributed by atoms with Crippen molar-refractivity contribution >= 4 is 27.3 Å². The van der Waals surface area contributed by atoms with Crippen LogP contribution < -0.4 is 14.4 Å². The highest BCUT2D eigenvalue weighted by Gasteiger charge is 2.25. The fourth-order valence-electron chi connectivity index (χ4n) is 2.74. The van der Waals surface area contributed by atoms with Gasteiger partial charge in [-0.1, -0.05) is 6.07 Å². The van der Waals surface area contributed by atoms with Crippen molar-refractivity contribution in [3.05, 3.63) is 47.5 Å². The van der Waals surface area contributed by atoms with Gasteiger partial charge in [-0.2, -0.15) is 0 Å². The van der Waals surface area contributed by atoms with Gasteiger partial charge in [-0.3, -0.25) is 9.52 Å². The number of methoxy groups -OCH3 is 1. The van der Waals surface area contributed by atoms with Crippen molar-refractivity contribution in [3.63, 3.8) is 0 Å². The smallest absolute Gasteiger partial charge is 0.265 e. The fourth-order valence-corrected chi connectivity index (χ4v) is 4.04. The quantitative estimate of drug-likeness (QED) is 0.922. The number of amides is 1. The Morgan fingerprint density at radius 3 is 2.62 bits per heavy atom. The molecule has 0 aromatic heterocycles. The maximum absolute atomic E-state index is 12.7. The molecule has 1 aliphatic heterocycles. The van der Waals surface area contributed by atoms with E-state index in [4.69, 9.17) is 4.74 Å². The van der Waals surface area contributed by atoms with Crippen molar-refractivity contribution in [2.45, 2.75) is 18.2 Å².